The minimum absolute atomic E-state index is 0.114. The van der Waals surface area contributed by atoms with Crippen LogP contribution in [0.15, 0.2) is 60.9 Å². The maximum atomic E-state index is 13.2. The average molecular weight is 393 g/mol. The Morgan fingerprint density at radius 3 is 2.75 bits per heavy atom. The molecule has 5 nitrogen and oxygen atoms in total. The van der Waals surface area contributed by atoms with Crippen LogP contribution in [0.3, 0.4) is 0 Å². The number of thiophene rings is 1. The standard InChI is InChI=1S/C21H16FN3O2S/c22-14-7-5-13(6-8-14)19-9-16-20(28-19)21(25-12-24-16)23-10-15-11-26-17-3-1-2-4-18(17)27-15/h1-9,12,15H,10-11H2,(H,23,24,25). The first-order valence-electron chi connectivity index (χ1n) is 8.89. The molecule has 1 N–H and O–H groups in total. The van der Waals surface area contributed by atoms with Crippen LogP contribution in [0, 0.1) is 5.82 Å². The number of aromatic nitrogens is 2. The number of para-hydroxylation sites is 2. The minimum atomic E-state index is -0.247. The Labute approximate surface area is 164 Å². The van der Waals surface area contributed by atoms with Crippen molar-refractivity contribution < 1.29 is 13.9 Å². The van der Waals surface area contributed by atoms with E-state index in [1.54, 1.807) is 29.8 Å². The second kappa shape index (κ2) is 7.09. The lowest BCUT2D eigenvalue weighted by Gasteiger charge is -2.26. The van der Waals surface area contributed by atoms with Gasteiger partial charge in [0.25, 0.3) is 0 Å². The van der Waals surface area contributed by atoms with E-state index >= 15 is 0 Å². The maximum Gasteiger partial charge on any atom is 0.161 e. The first-order chi connectivity index (χ1) is 13.8. The molecule has 140 valence electrons. The highest BCUT2D eigenvalue weighted by Crippen LogP contribution is 2.36. The van der Waals surface area contributed by atoms with Gasteiger partial charge >= 0.3 is 0 Å². The van der Waals surface area contributed by atoms with E-state index in [1.807, 2.05) is 30.3 Å². The average Bonchev–Trinajstić information content (AvgIpc) is 3.17. The normalized spacial score (nSPS) is 15.5. The smallest absolute Gasteiger partial charge is 0.161 e. The van der Waals surface area contributed by atoms with Gasteiger partial charge in [-0.15, -0.1) is 11.3 Å². The molecule has 0 radical (unpaired) electrons. The highest BCUT2D eigenvalue weighted by atomic mass is 32.1. The lowest BCUT2D eigenvalue weighted by Crippen LogP contribution is -2.35. The van der Waals surface area contributed by atoms with Crippen LogP contribution in [0.2, 0.25) is 0 Å². The van der Waals surface area contributed by atoms with E-state index in [4.69, 9.17) is 9.47 Å². The van der Waals surface area contributed by atoms with Crippen molar-refractivity contribution in [3.05, 3.63) is 66.7 Å². The summed E-state index contributed by atoms with van der Waals surface area (Å²) in [6.07, 6.45) is 1.43. The Balaban J connectivity index is 1.36. The summed E-state index contributed by atoms with van der Waals surface area (Å²) in [6, 6.07) is 16.1. The van der Waals surface area contributed by atoms with Gasteiger partial charge in [-0.05, 0) is 35.9 Å². The molecular formula is C21H16FN3O2S. The predicted octanol–water partition coefficient (Wildman–Crippen LogP) is 4.75. The fourth-order valence-corrected chi connectivity index (χ4v) is 4.19. The third kappa shape index (κ3) is 3.25. The van der Waals surface area contributed by atoms with E-state index in [0.717, 1.165) is 38.0 Å². The monoisotopic (exact) mass is 393 g/mol. The van der Waals surface area contributed by atoms with Gasteiger partial charge in [0.15, 0.2) is 11.5 Å². The van der Waals surface area contributed by atoms with Crippen molar-refractivity contribution in [3.63, 3.8) is 0 Å². The summed E-state index contributed by atoms with van der Waals surface area (Å²) in [6.45, 7) is 1.04. The van der Waals surface area contributed by atoms with Gasteiger partial charge in [0.05, 0.1) is 16.8 Å². The summed E-state index contributed by atoms with van der Waals surface area (Å²) in [7, 11) is 0. The quantitative estimate of drug-likeness (QED) is 0.542. The summed E-state index contributed by atoms with van der Waals surface area (Å²) in [5.74, 6) is 2.03. The number of nitrogens with one attached hydrogen (secondary N) is 1. The molecule has 0 bridgehead atoms. The van der Waals surface area contributed by atoms with Gasteiger partial charge in [0.1, 0.15) is 30.7 Å². The van der Waals surface area contributed by atoms with E-state index in [9.17, 15) is 4.39 Å². The summed E-state index contributed by atoms with van der Waals surface area (Å²) in [5, 5.41) is 3.36. The zero-order valence-corrected chi connectivity index (χ0v) is 15.6. The molecule has 7 heteroatoms. The second-order valence-corrected chi connectivity index (χ2v) is 7.48. The fourth-order valence-electron chi connectivity index (χ4n) is 3.11. The molecule has 3 heterocycles. The van der Waals surface area contributed by atoms with E-state index in [2.05, 4.69) is 15.3 Å². The summed E-state index contributed by atoms with van der Waals surface area (Å²) < 4.78 is 25.9. The van der Waals surface area contributed by atoms with E-state index in [0.29, 0.717) is 13.2 Å². The largest absolute Gasteiger partial charge is 0.486 e. The predicted molar refractivity (Wildman–Crippen MR) is 108 cm³/mol. The topological polar surface area (TPSA) is 56.3 Å². The number of halogens is 1. The Bertz CT molecular complexity index is 1130. The third-order valence-corrected chi connectivity index (χ3v) is 5.68. The molecule has 2 aromatic carbocycles. The molecule has 0 fully saturated rings. The highest BCUT2D eigenvalue weighted by Gasteiger charge is 2.21. The molecule has 0 spiro atoms. The Kier molecular flexibility index (Phi) is 4.29. The van der Waals surface area contributed by atoms with E-state index < -0.39 is 0 Å². The number of benzene rings is 2. The van der Waals surface area contributed by atoms with Gasteiger partial charge in [0.2, 0.25) is 0 Å². The van der Waals surface area contributed by atoms with Crippen molar-refractivity contribution in [2.45, 2.75) is 6.10 Å². The number of anilines is 1. The molecule has 1 unspecified atom stereocenters. The van der Waals surface area contributed by atoms with Crippen LogP contribution in [0.4, 0.5) is 10.2 Å². The number of ether oxygens (including phenoxy) is 2. The Morgan fingerprint density at radius 2 is 1.89 bits per heavy atom. The number of nitrogens with zero attached hydrogens (tertiary/aromatic N) is 2. The lowest BCUT2D eigenvalue weighted by atomic mass is 10.2. The van der Waals surface area contributed by atoms with Crippen LogP contribution < -0.4 is 14.8 Å². The van der Waals surface area contributed by atoms with Crippen molar-refractivity contribution in [1.29, 1.82) is 0 Å². The molecule has 0 saturated carbocycles. The van der Waals surface area contributed by atoms with Gasteiger partial charge in [-0.2, -0.15) is 0 Å². The highest BCUT2D eigenvalue weighted by molar-refractivity contribution is 7.22. The molecule has 2 aromatic heterocycles. The molecule has 28 heavy (non-hydrogen) atoms. The van der Waals surface area contributed by atoms with Gasteiger partial charge in [0, 0.05) is 4.88 Å². The molecule has 5 rings (SSSR count). The zero-order chi connectivity index (χ0) is 18.9. The lowest BCUT2D eigenvalue weighted by molar-refractivity contribution is 0.0997. The van der Waals surface area contributed by atoms with Crippen LogP contribution in [-0.4, -0.2) is 29.2 Å². The minimum Gasteiger partial charge on any atom is -0.486 e. The van der Waals surface area contributed by atoms with Crippen molar-refractivity contribution >= 4 is 27.4 Å². The van der Waals surface area contributed by atoms with Crippen LogP contribution in [-0.2, 0) is 0 Å². The first kappa shape index (κ1) is 16.9. The van der Waals surface area contributed by atoms with Crippen LogP contribution in [0.1, 0.15) is 0 Å². The summed E-state index contributed by atoms with van der Waals surface area (Å²) in [5.41, 5.74) is 1.81. The van der Waals surface area contributed by atoms with Crippen LogP contribution in [0.25, 0.3) is 20.7 Å². The van der Waals surface area contributed by atoms with Crippen molar-refractivity contribution in [3.8, 4) is 21.9 Å². The molecule has 0 aliphatic carbocycles. The summed E-state index contributed by atoms with van der Waals surface area (Å²) >= 11 is 1.58. The fraction of sp³-hybridized carbons (Fsp3) is 0.143. The molecule has 1 aliphatic heterocycles. The van der Waals surface area contributed by atoms with E-state index in [-0.39, 0.29) is 11.9 Å². The van der Waals surface area contributed by atoms with Gasteiger partial charge in [-0.3, -0.25) is 0 Å². The molecular weight excluding hydrogens is 377 g/mol. The summed E-state index contributed by atoms with van der Waals surface area (Å²) in [4.78, 5) is 9.77. The van der Waals surface area contributed by atoms with Gasteiger partial charge < -0.3 is 14.8 Å². The molecule has 0 saturated heterocycles. The molecule has 4 aromatic rings. The van der Waals surface area contributed by atoms with E-state index in [1.165, 1.54) is 12.1 Å². The van der Waals surface area contributed by atoms with Crippen molar-refractivity contribution in [1.82, 2.24) is 9.97 Å². The number of hydrogen-bond acceptors (Lipinski definition) is 6. The van der Waals surface area contributed by atoms with Gasteiger partial charge in [-0.1, -0.05) is 24.3 Å². The van der Waals surface area contributed by atoms with Gasteiger partial charge in [-0.25, -0.2) is 14.4 Å². The number of rotatable bonds is 4. The zero-order valence-electron chi connectivity index (χ0n) is 14.8. The first-order valence-corrected chi connectivity index (χ1v) is 9.71. The van der Waals surface area contributed by atoms with Crippen molar-refractivity contribution in [2.75, 3.05) is 18.5 Å². The molecule has 1 atom stereocenters. The molecule has 0 amide bonds. The Hall–Kier alpha value is -3.19. The van der Waals surface area contributed by atoms with Crippen LogP contribution in [0.5, 0.6) is 11.5 Å². The number of hydrogen-bond donors (Lipinski definition) is 1. The second-order valence-electron chi connectivity index (χ2n) is 6.43. The Morgan fingerprint density at radius 1 is 1.07 bits per heavy atom. The molecule has 1 aliphatic rings. The van der Waals surface area contributed by atoms with Crippen LogP contribution >= 0.6 is 11.3 Å². The maximum absolute atomic E-state index is 13.2. The number of fused-ring (bicyclic) bond motifs is 2. The SMILES string of the molecule is Fc1ccc(-c2cc3ncnc(NCC4COc5ccccc5O4)c3s2)cc1. The van der Waals surface area contributed by atoms with Crippen molar-refractivity contribution in [2.24, 2.45) is 0 Å². The third-order valence-electron chi connectivity index (χ3n) is 4.50.